The van der Waals surface area contributed by atoms with Crippen LogP contribution in [0.4, 0.5) is 4.79 Å². The van der Waals surface area contributed by atoms with Gasteiger partial charge in [0, 0.05) is 24.0 Å². The second-order valence-electron chi connectivity index (χ2n) is 7.28. The maximum absolute atomic E-state index is 13.1. The second kappa shape index (κ2) is 6.12. The van der Waals surface area contributed by atoms with Crippen LogP contribution < -0.4 is 14.8 Å². The molecule has 1 aromatic heterocycles. The minimum atomic E-state index is -1.28. The number of imide groups is 1. The number of ketones is 1. The Hall–Kier alpha value is -3.29. The topological polar surface area (TPSA) is 89.9 Å². The fourth-order valence-electron chi connectivity index (χ4n) is 3.61. The van der Waals surface area contributed by atoms with Gasteiger partial charge in [0.15, 0.2) is 17.3 Å². The highest BCUT2D eigenvalue weighted by molar-refractivity contribution is 6.11. The Morgan fingerprint density at radius 2 is 1.89 bits per heavy atom. The van der Waals surface area contributed by atoms with Crippen molar-refractivity contribution in [1.29, 1.82) is 0 Å². The third kappa shape index (κ3) is 2.56. The first kappa shape index (κ1) is 18.1. The van der Waals surface area contributed by atoms with Crippen molar-refractivity contribution < 1.29 is 23.9 Å². The Bertz CT molecular complexity index is 1030. The number of amides is 3. The molecule has 2 aliphatic heterocycles. The maximum atomic E-state index is 13.1. The SMILES string of the molecule is Cc1cc(C(=O)CN2C(=O)NC(C)(c3ccc4c(c3)OCO4)C2=O)c(C)n1C. The molecular weight excluding hydrogens is 362 g/mol. The van der Waals surface area contributed by atoms with Crippen LogP contribution in [0.3, 0.4) is 0 Å². The molecule has 0 saturated carbocycles. The molecule has 4 rings (SSSR count). The number of hydrogen-bond donors (Lipinski definition) is 1. The van der Waals surface area contributed by atoms with E-state index in [-0.39, 0.29) is 19.1 Å². The van der Waals surface area contributed by atoms with Crippen LogP contribution in [0, 0.1) is 13.8 Å². The lowest BCUT2D eigenvalue weighted by atomic mass is 9.91. The number of ether oxygens (including phenoxy) is 2. The summed E-state index contributed by atoms with van der Waals surface area (Å²) in [5, 5.41) is 2.71. The van der Waals surface area contributed by atoms with E-state index in [9.17, 15) is 14.4 Å². The van der Waals surface area contributed by atoms with E-state index in [0.29, 0.717) is 22.6 Å². The molecule has 3 amide bonds. The monoisotopic (exact) mass is 383 g/mol. The minimum absolute atomic E-state index is 0.117. The van der Waals surface area contributed by atoms with Gasteiger partial charge in [-0.3, -0.25) is 14.5 Å². The Labute approximate surface area is 162 Å². The molecule has 1 saturated heterocycles. The number of carbonyl (C=O) groups excluding carboxylic acids is 3. The van der Waals surface area contributed by atoms with Crippen molar-refractivity contribution in [3.63, 3.8) is 0 Å². The number of carbonyl (C=O) groups is 3. The lowest BCUT2D eigenvalue weighted by Crippen LogP contribution is -2.41. The van der Waals surface area contributed by atoms with Crippen molar-refractivity contribution in [3.05, 3.63) is 46.8 Å². The van der Waals surface area contributed by atoms with Gasteiger partial charge < -0.3 is 19.4 Å². The fraction of sp³-hybridized carbons (Fsp3) is 0.350. The van der Waals surface area contributed by atoms with E-state index < -0.39 is 17.5 Å². The molecule has 2 aliphatic rings. The van der Waals surface area contributed by atoms with Crippen LogP contribution in [0.25, 0.3) is 0 Å². The van der Waals surface area contributed by atoms with E-state index in [4.69, 9.17) is 9.47 Å². The lowest BCUT2D eigenvalue weighted by Gasteiger charge is -2.22. The van der Waals surface area contributed by atoms with Crippen molar-refractivity contribution in [1.82, 2.24) is 14.8 Å². The quantitative estimate of drug-likeness (QED) is 0.644. The molecule has 3 heterocycles. The van der Waals surface area contributed by atoms with Crippen LogP contribution >= 0.6 is 0 Å². The summed E-state index contributed by atoms with van der Waals surface area (Å²) in [5.74, 6) is 0.353. The molecule has 1 atom stereocenters. The van der Waals surface area contributed by atoms with Crippen molar-refractivity contribution >= 4 is 17.7 Å². The lowest BCUT2D eigenvalue weighted by molar-refractivity contribution is -0.130. The van der Waals surface area contributed by atoms with Gasteiger partial charge >= 0.3 is 6.03 Å². The summed E-state index contributed by atoms with van der Waals surface area (Å²) in [5.41, 5.74) is 1.53. The molecule has 28 heavy (non-hydrogen) atoms. The molecule has 0 bridgehead atoms. The number of benzene rings is 1. The van der Waals surface area contributed by atoms with E-state index in [1.807, 2.05) is 25.5 Å². The van der Waals surface area contributed by atoms with Gasteiger partial charge in [0.25, 0.3) is 5.91 Å². The van der Waals surface area contributed by atoms with Crippen molar-refractivity contribution in [2.45, 2.75) is 26.3 Å². The molecular formula is C20H21N3O5. The van der Waals surface area contributed by atoms with Crippen LogP contribution in [-0.2, 0) is 17.4 Å². The maximum Gasteiger partial charge on any atom is 0.325 e. The molecule has 1 N–H and O–H groups in total. The highest BCUT2D eigenvalue weighted by Gasteiger charge is 2.50. The third-order valence-electron chi connectivity index (χ3n) is 5.60. The van der Waals surface area contributed by atoms with Gasteiger partial charge in [-0.15, -0.1) is 0 Å². The molecule has 2 aromatic rings. The Kier molecular flexibility index (Phi) is 3.95. The van der Waals surface area contributed by atoms with Gasteiger partial charge in [-0.25, -0.2) is 4.79 Å². The highest BCUT2D eigenvalue weighted by atomic mass is 16.7. The number of Topliss-reactive ketones (excluding diaryl/α,β-unsaturated/α-hetero) is 1. The number of fused-ring (bicyclic) bond motifs is 1. The van der Waals surface area contributed by atoms with Gasteiger partial charge in [0.2, 0.25) is 6.79 Å². The van der Waals surface area contributed by atoms with Crippen LogP contribution in [0.15, 0.2) is 24.3 Å². The predicted molar refractivity (Wildman–Crippen MR) is 99.4 cm³/mol. The summed E-state index contributed by atoms with van der Waals surface area (Å²) in [6, 6.07) is 6.27. The van der Waals surface area contributed by atoms with Crippen LogP contribution in [0.5, 0.6) is 11.5 Å². The number of aryl methyl sites for hydroxylation is 1. The zero-order chi connectivity index (χ0) is 20.2. The molecule has 1 unspecified atom stereocenters. The molecule has 8 nitrogen and oxygen atoms in total. The second-order valence-corrected chi connectivity index (χ2v) is 7.28. The number of hydrogen-bond acceptors (Lipinski definition) is 5. The molecule has 0 spiro atoms. The van der Waals surface area contributed by atoms with Gasteiger partial charge in [0.1, 0.15) is 5.54 Å². The predicted octanol–water partition coefficient (Wildman–Crippen LogP) is 2.02. The average molecular weight is 383 g/mol. The highest BCUT2D eigenvalue weighted by Crippen LogP contribution is 2.37. The van der Waals surface area contributed by atoms with Crippen molar-refractivity contribution in [2.75, 3.05) is 13.3 Å². The van der Waals surface area contributed by atoms with Gasteiger partial charge in [-0.05, 0) is 44.5 Å². The fourth-order valence-corrected chi connectivity index (χ4v) is 3.61. The zero-order valence-corrected chi connectivity index (χ0v) is 16.2. The first-order chi connectivity index (χ1) is 13.2. The molecule has 0 aliphatic carbocycles. The smallest absolute Gasteiger partial charge is 0.325 e. The summed E-state index contributed by atoms with van der Waals surface area (Å²) in [6.07, 6.45) is 0. The minimum Gasteiger partial charge on any atom is -0.454 e. The Balaban J connectivity index is 1.60. The van der Waals surface area contributed by atoms with Gasteiger partial charge in [0.05, 0.1) is 6.54 Å². The molecule has 0 radical (unpaired) electrons. The van der Waals surface area contributed by atoms with Gasteiger partial charge in [-0.2, -0.15) is 0 Å². The largest absolute Gasteiger partial charge is 0.454 e. The first-order valence-electron chi connectivity index (χ1n) is 8.92. The van der Waals surface area contributed by atoms with E-state index in [1.165, 1.54) is 0 Å². The number of urea groups is 1. The first-order valence-corrected chi connectivity index (χ1v) is 8.92. The number of rotatable bonds is 4. The number of nitrogens with zero attached hydrogens (tertiary/aromatic N) is 2. The standard InChI is InChI=1S/C20H21N3O5/c1-11-7-14(12(2)22(11)4)15(24)9-23-18(25)20(3,21-19(23)26)13-5-6-16-17(8-13)28-10-27-16/h5-8H,9-10H2,1-4H3,(H,21,26). The van der Waals surface area contributed by atoms with Crippen molar-refractivity contribution in [3.8, 4) is 11.5 Å². The van der Waals surface area contributed by atoms with Crippen molar-refractivity contribution in [2.24, 2.45) is 7.05 Å². The molecule has 1 fully saturated rings. The Morgan fingerprint density at radius 3 is 2.57 bits per heavy atom. The van der Waals surface area contributed by atoms with Crippen LogP contribution in [0.1, 0.15) is 34.2 Å². The van der Waals surface area contributed by atoms with Crippen LogP contribution in [-0.4, -0.2) is 40.5 Å². The zero-order valence-electron chi connectivity index (χ0n) is 16.2. The normalized spacial score (nSPS) is 20.6. The summed E-state index contributed by atoms with van der Waals surface area (Å²) in [4.78, 5) is 39.3. The van der Waals surface area contributed by atoms with Gasteiger partial charge in [-0.1, -0.05) is 6.07 Å². The average Bonchev–Trinajstić information content (AvgIpc) is 3.30. The summed E-state index contributed by atoms with van der Waals surface area (Å²) in [7, 11) is 1.87. The van der Waals surface area contributed by atoms with E-state index in [2.05, 4.69) is 5.32 Å². The molecule has 8 heteroatoms. The van der Waals surface area contributed by atoms with E-state index in [0.717, 1.165) is 16.3 Å². The summed E-state index contributed by atoms with van der Waals surface area (Å²) >= 11 is 0. The summed E-state index contributed by atoms with van der Waals surface area (Å²) in [6.45, 7) is 5.16. The van der Waals surface area contributed by atoms with E-state index in [1.54, 1.807) is 31.2 Å². The van der Waals surface area contributed by atoms with Crippen LogP contribution in [0.2, 0.25) is 0 Å². The van der Waals surface area contributed by atoms with E-state index >= 15 is 0 Å². The Morgan fingerprint density at radius 1 is 1.18 bits per heavy atom. The molecule has 1 aromatic carbocycles. The molecule has 146 valence electrons. The number of nitrogens with one attached hydrogen (secondary N) is 1. The number of aromatic nitrogens is 1. The third-order valence-corrected chi connectivity index (χ3v) is 5.60. The summed E-state index contributed by atoms with van der Waals surface area (Å²) < 4.78 is 12.6.